The predicted molar refractivity (Wildman–Crippen MR) is 77.9 cm³/mol. The Morgan fingerprint density at radius 3 is 2.70 bits per heavy atom. The van der Waals surface area contributed by atoms with Crippen molar-refractivity contribution in [3.05, 3.63) is 29.8 Å². The van der Waals surface area contributed by atoms with Gasteiger partial charge in [-0.1, -0.05) is 19.8 Å². The van der Waals surface area contributed by atoms with Crippen LogP contribution in [0.1, 0.15) is 43.0 Å². The van der Waals surface area contributed by atoms with Crippen LogP contribution in [0.4, 0.5) is 0 Å². The van der Waals surface area contributed by atoms with E-state index in [-0.39, 0.29) is 12.5 Å². The zero-order valence-corrected chi connectivity index (χ0v) is 12.2. The van der Waals surface area contributed by atoms with Crippen LogP contribution >= 0.6 is 0 Å². The molecule has 1 aromatic carbocycles. The van der Waals surface area contributed by atoms with Crippen molar-refractivity contribution in [2.45, 2.75) is 38.1 Å². The fourth-order valence-electron chi connectivity index (χ4n) is 3.01. The van der Waals surface area contributed by atoms with Crippen LogP contribution in [0, 0.1) is 5.92 Å². The Balaban J connectivity index is 2.08. The molecule has 0 heterocycles. The summed E-state index contributed by atoms with van der Waals surface area (Å²) in [6.07, 6.45) is 3.89. The molecular weight excluding hydrogens is 254 g/mol. The number of aliphatic hydroxyl groups excluding tert-OH is 1. The van der Waals surface area contributed by atoms with Gasteiger partial charge in [-0.05, 0) is 43.0 Å². The van der Waals surface area contributed by atoms with E-state index >= 15 is 0 Å². The first-order valence-electron chi connectivity index (χ1n) is 7.16. The van der Waals surface area contributed by atoms with E-state index in [2.05, 4.69) is 12.2 Å². The SMILES string of the molecule is COc1ccc(C(=O)NC2(CO)CCCC(C)C2)cc1. The molecule has 1 fully saturated rings. The molecule has 110 valence electrons. The van der Waals surface area contributed by atoms with E-state index < -0.39 is 5.54 Å². The molecule has 0 aromatic heterocycles. The Bertz CT molecular complexity index is 457. The third-order valence-corrected chi connectivity index (χ3v) is 4.13. The lowest BCUT2D eigenvalue weighted by molar-refractivity contribution is 0.0697. The average molecular weight is 277 g/mol. The topological polar surface area (TPSA) is 58.6 Å². The first-order chi connectivity index (χ1) is 9.58. The molecular formula is C16H23NO3. The number of rotatable bonds is 4. The van der Waals surface area contributed by atoms with Crippen LogP contribution in [0.25, 0.3) is 0 Å². The molecule has 0 bridgehead atoms. The summed E-state index contributed by atoms with van der Waals surface area (Å²) in [7, 11) is 1.60. The lowest BCUT2D eigenvalue weighted by Gasteiger charge is -2.39. The number of ether oxygens (including phenoxy) is 1. The van der Waals surface area contributed by atoms with Gasteiger partial charge in [0.2, 0.25) is 0 Å². The maximum Gasteiger partial charge on any atom is 0.251 e. The maximum absolute atomic E-state index is 12.3. The lowest BCUT2D eigenvalue weighted by Crippen LogP contribution is -2.53. The molecule has 20 heavy (non-hydrogen) atoms. The third-order valence-electron chi connectivity index (χ3n) is 4.13. The number of aliphatic hydroxyl groups is 1. The summed E-state index contributed by atoms with van der Waals surface area (Å²) in [6.45, 7) is 2.17. The molecule has 4 heteroatoms. The fourth-order valence-corrected chi connectivity index (χ4v) is 3.01. The smallest absolute Gasteiger partial charge is 0.251 e. The minimum Gasteiger partial charge on any atom is -0.497 e. The van der Waals surface area contributed by atoms with Crippen molar-refractivity contribution in [2.24, 2.45) is 5.92 Å². The van der Waals surface area contributed by atoms with Crippen LogP contribution in [0.15, 0.2) is 24.3 Å². The molecule has 1 aromatic rings. The molecule has 0 aliphatic heterocycles. The molecule has 1 amide bonds. The molecule has 1 aliphatic carbocycles. The van der Waals surface area contributed by atoms with Crippen molar-refractivity contribution in [2.75, 3.05) is 13.7 Å². The second-order valence-electron chi connectivity index (χ2n) is 5.82. The highest BCUT2D eigenvalue weighted by Gasteiger charge is 2.35. The van der Waals surface area contributed by atoms with E-state index in [1.807, 2.05) is 0 Å². The van der Waals surface area contributed by atoms with Crippen LogP contribution in [0.2, 0.25) is 0 Å². The zero-order chi connectivity index (χ0) is 14.6. The first-order valence-corrected chi connectivity index (χ1v) is 7.16. The van der Waals surface area contributed by atoms with E-state index in [9.17, 15) is 9.90 Å². The number of carbonyl (C=O) groups excluding carboxylic acids is 1. The summed E-state index contributed by atoms with van der Waals surface area (Å²) >= 11 is 0. The zero-order valence-electron chi connectivity index (χ0n) is 12.2. The lowest BCUT2D eigenvalue weighted by atomic mass is 9.76. The number of hydrogen-bond donors (Lipinski definition) is 2. The number of carbonyl (C=O) groups is 1. The van der Waals surface area contributed by atoms with Gasteiger partial charge in [-0.25, -0.2) is 0 Å². The van der Waals surface area contributed by atoms with E-state index in [1.54, 1.807) is 31.4 Å². The Morgan fingerprint density at radius 1 is 1.45 bits per heavy atom. The second-order valence-corrected chi connectivity index (χ2v) is 5.82. The van der Waals surface area contributed by atoms with E-state index in [1.165, 1.54) is 6.42 Å². The van der Waals surface area contributed by atoms with Gasteiger partial charge in [-0.15, -0.1) is 0 Å². The Kier molecular flexibility index (Phi) is 4.65. The highest BCUT2D eigenvalue weighted by atomic mass is 16.5. The van der Waals surface area contributed by atoms with Crippen molar-refractivity contribution in [3.8, 4) is 5.75 Å². The molecule has 2 N–H and O–H groups in total. The highest BCUT2D eigenvalue weighted by Crippen LogP contribution is 2.32. The van der Waals surface area contributed by atoms with E-state index in [0.717, 1.165) is 25.0 Å². The highest BCUT2D eigenvalue weighted by molar-refractivity contribution is 5.94. The van der Waals surface area contributed by atoms with Crippen molar-refractivity contribution in [1.29, 1.82) is 0 Å². The molecule has 4 nitrogen and oxygen atoms in total. The summed E-state index contributed by atoms with van der Waals surface area (Å²) < 4.78 is 5.08. The van der Waals surface area contributed by atoms with Gasteiger partial charge in [0, 0.05) is 5.56 Å². The minimum atomic E-state index is -0.464. The summed E-state index contributed by atoms with van der Waals surface area (Å²) in [4.78, 5) is 12.3. The Labute approximate surface area is 120 Å². The normalized spacial score (nSPS) is 26.1. The quantitative estimate of drug-likeness (QED) is 0.888. The van der Waals surface area contributed by atoms with Crippen molar-refractivity contribution < 1.29 is 14.6 Å². The molecule has 0 spiro atoms. The summed E-state index contributed by atoms with van der Waals surface area (Å²) in [5.41, 5.74) is 0.131. The van der Waals surface area contributed by atoms with Gasteiger partial charge in [0.15, 0.2) is 0 Å². The number of amides is 1. The Hall–Kier alpha value is -1.55. The Morgan fingerprint density at radius 2 is 2.15 bits per heavy atom. The molecule has 0 saturated heterocycles. The van der Waals surface area contributed by atoms with Gasteiger partial charge in [0.05, 0.1) is 19.3 Å². The molecule has 0 radical (unpaired) electrons. The van der Waals surface area contributed by atoms with Crippen LogP contribution in [0.3, 0.4) is 0 Å². The second kappa shape index (κ2) is 6.27. The molecule has 2 unspecified atom stereocenters. The van der Waals surface area contributed by atoms with Crippen LogP contribution in [-0.4, -0.2) is 30.3 Å². The van der Waals surface area contributed by atoms with Crippen LogP contribution in [-0.2, 0) is 0 Å². The maximum atomic E-state index is 12.3. The molecule has 1 saturated carbocycles. The standard InChI is InChI=1S/C16H23NO3/c1-12-4-3-9-16(10-12,11-18)17-15(19)13-5-7-14(20-2)8-6-13/h5-8,12,18H,3-4,9-11H2,1-2H3,(H,17,19). The van der Waals surface area contributed by atoms with Crippen molar-refractivity contribution in [3.63, 3.8) is 0 Å². The molecule has 2 atom stereocenters. The molecule has 2 rings (SSSR count). The van der Waals surface area contributed by atoms with Gasteiger partial charge in [-0.3, -0.25) is 4.79 Å². The number of nitrogens with one attached hydrogen (secondary N) is 1. The van der Waals surface area contributed by atoms with E-state index in [0.29, 0.717) is 11.5 Å². The fraction of sp³-hybridized carbons (Fsp3) is 0.562. The first kappa shape index (κ1) is 14.9. The van der Waals surface area contributed by atoms with Gasteiger partial charge in [0.25, 0.3) is 5.91 Å². The molecule has 1 aliphatic rings. The van der Waals surface area contributed by atoms with Gasteiger partial charge < -0.3 is 15.2 Å². The summed E-state index contributed by atoms with van der Waals surface area (Å²) in [5.74, 6) is 1.13. The number of benzene rings is 1. The van der Waals surface area contributed by atoms with Gasteiger partial charge >= 0.3 is 0 Å². The summed E-state index contributed by atoms with van der Waals surface area (Å²) in [5, 5.41) is 12.7. The van der Waals surface area contributed by atoms with Gasteiger partial charge in [-0.2, -0.15) is 0 Å². The largest absolute Gasteiger partial charge is 0.497 e. The van der Waals surface area contributed by atoms with Crippen molar-refractivity contribution in [1.82, 2.24) is 5.32 Å². The summed E-state index contributed by atoms with van der Waals surface area (Å²) in [6, 6.07) is 7.02. The number of hydrogen-bond acceptors (Lipinski definition) is 3. The van der Waals surface area contributed by atoms with Gasteiger partial charge in [0.1, 0.15) is 5.75 Å². The number of methoxy groups -OCH3 is 1. The third kappa shape index (κ3) is 3.31. The van der Waals surface area contributed by atoms with Crippen LogP contribution < -0.4 is 10.1 Å². The van der Waals surface area contributed by atoms with Crippen LogP contribution in [0.5, 0.6) is 5.75 Å². The average Bonchev–Trinajstić information content (AvgIpc) is 2.47. The minimum absolute atomic E-state index is 0.000759. The van der Waals surface area contributed by atoms with E-state index in [4.69, 9.17) is 4.74 Å². The predicted octanol–water partition coefficient (Wildman–Crippen LogP) is 2.37. The monoisotopic (exact) mass is 277 g/mol. The van der Waals surface area contributed by atoms with Crippen molar-refractivity contribution >= 4 is 5.91 Å².